The normalized spacial score (nSPS) is 12.8. The number of furan rings is 1. The Hall–Kier alpha value is -3.44. The Bertz CT molecular complexity index is 1340. The highest BCUT2D eigenvalue weighted by Gasteiger charge is 2.26. The van der Waals surface area contributed by atoms with Crippen molar-refractivity contribution in [1.82, 2.24) is 19.7 Å². The number of primary amides is 1. The van der Waals surface area contributed by atoms with Gasteiger partial charge in [-0.1, -0.05) is 17.8 Å². The number of nitrogens with zero attached hydrogens (tertiary/aromatic N) is 5. The first-order valence-electron chi connectivity index (χ1n) is 10.7. The predicted molar refractivity (Wildman–Crippen MR) is 131 cm³/mol. The molecule has 11 heteroatoms. The number of benzene rings is 1. The third-order valence-electron chi connectivity index (χ3n) is 5.56. The van der Waals surface area contributed by atoms with Gasteiger partial charge in [-0.15, -0.1) is 21.5 Å². The number of hydrogen-bond donors (Lipinski definition) is 1. The summed E-state index contributed by atoms with van der Waals surface area (Å²) in [5, 5.41) is 12.1. The van der Waals surface area contributed by atoms with Gasteiger partial charge in [-0.25, -0.2) is 4.98 Å². The van der Waals surface area contributed by atoms with E-state index in [1.807, 2.05) is 24.0 Å². The van der Waals surface area contributed by atoms with Gasteiger partial charge in [-0.05, 0) is 43.2 Å². The van der Waals surface area contributed by atoms with Crippen LogP contribution in [0.4, 0.5) is 5.69 Å². The standard InChI is InChI=1S/C23H22N6O3S2/c1-14-25-17(12-33-14)15-4-5-18-16(11-15)6-8-28(18)21(31)13-34-23-27-26-22(19-3-2-10-32-19)29(23)9-7-20(24)30/h2-5,10-12H,6-9,13H2,1H3,(H2,24,30). The Kier molecular flexibility index (Phi) is 6.20. The average molecular weight is 495 g/mol. The van der Waals surface area contributed by atoms with Crippen molar-refractivity contribution < 1.29 is 14.0 Å². The molecule has 0 fully saturated rings. The third kappa shape index (κ3) is 4.48. The number of aromatic nitrogens is 4. The number of anilines is 1. The van der Waals surface area contributed by atoms with E-state index in [4.69, 9.17) is 10.2 Å². The van der Waals surface area contributed by atoms with E-state index >= 15 is 0 Å². The first kappa shape index (κ1) is 22.4. The number of amides is 2. The molecule has 174 valence electrons. The van der Waals surface area contributed by atoms with Crippen molar-refractivity contribution in [2.75, 3.05) is 17.2 Å². The summed E-state index contributed by atoms with van der Waals surface area (Å²) in [5.41, 5.74) is 9.46. The molecule has 9 nitrogen and oxygen atoms in total. The van der Waals surface area contributed by atoms with E-state index in [0.717, 1.165) is 33.9 Å². The molecule has 0 bridgehead atoms. The fourth-order valence-electron chi connectivity index (χ4n) is 3.93. The van der Waals surface area contributed by atoms with E-state index in [0.29, 0.717) is 29.8 Å². The van der Waals surface area contributed by atoms with Crippen LogP contribution in [-0.4, -0.2) is 43.9 Å². The van der Waals surface area contributed by atoms with E-state index in [1.165, 1.54) is 11.8 Å². The van der Waals surface area contributed by atoms with E-state index in [-0.39, 0.29) is 18.1 Å². The second-order valence-corrected chi connectivity index (χ2v) is 9.84. The minimum Gasteiger partial charge on any atom is -0.461 e. The molecule has 2 N–H and O–H groups in total. The molecule has 4 heterocycles. The zero-order valence-corrected chi connectivity index (χ0v) is 20.1. The van der Waals surface area contributed by atoms with Crippen molar-refractivity contribution >= 4 is 40.6 Å². The van der Waals surface area contributed by atoms with Crippen LogP contribution in [0.15, 0.2) is 51.5 Å². The fraction of sp³-hybridized carbons (Fsp3) is 0.261. The summed E-state index contributed by atoms with van der Waals surface area (Å²) in [5.74, 6) is 0.795. The van der Waals surface area contributed by atoms with Crippen LogP contribution in [0.3, 0.4) is 0 Å². The Morgan fingerprint density at radius 3 is 2.88 bits per heavy atom. The largest absolute Gasteiger partial charge is 0.461 e. The summed E-state index contributed by atoms with van der Waals surface area (Å²) < 4.78 is 7.21. The third-order valence-corrected chi connectivity index (χ3v) is 7.28. The number of carbonyl (C=O) groups excluding carboxylic acids is 2. The smallest absolute Gasteiger partial charge is 0.237 e. The van der Waals surface area contributed by atoms with Crippen molar-refractivity contribution in [3.8, 4) is 22.8 Å². The number of fused-ring (bicyclic) bond motifs is 1. The van der Waals surface area contributed by atoms with Crippen molar-refractivity contribution in [3.63, 3.8) is 0 Å². The van der Waals surface area contributed by atoms with Gasteiger partial charge < -0.3 is 15.1 Å². The van der Waals surface area contributed by atoms with Crippen LogP contribution in [0.1, 0.15) is 17.0 Å². The number of thioether (sulfide) groups is 1. The van der Waals surface area contributed by atoms with E-state index in [2.05, 4.69) is 26.6 Å². The van der Waals surface area contributed by atoms with Gasteiger partial charge in [0.2, 0.25) is 11.8 Å². The van der Waals surface area contributed by atoms with Crippen LogP contribution in [0, 0.1) is 6.92 Å². The molecular weight excluding hydrogens is 472 g/mol. The molecule has 1 aliphatic heterocycles. The minimum atomic E-state index is -0.424. The Labute approximate surface area is 204 Å². The van der Waals surface area contributed by atoms with Gasteiger partial charge in [0.15, 0.2) is 16.7 Å². The number of rotatable bonds is 8. The van der Waals surface area contributed by atoms with Crippen molar-refractivity contribution in [2.24, 2.45) is 5.73 Å². The van der Waals surface area contributed by atoms with Gasteiger partial charge in [0.1, 0.15) is 0 Å². The van der Waals surface area contributed by atoms with Crippen molar-refractivity contribution in [2.45, 2.75) is 31.5 Å². The maximum Gasteiger partial charge on any atom is 0.237 e. The zero-order chi connectivity index (χ0) is 23.7. The molecular formula is C23H22N6O3S2. The maximum atomic E-state index is 13.1. The molecule has 0 aliphatic carbocycles. The van der Waals surface area contributed by atoms with Gasteiger partial charge in [0.25, 0.3) is 0 Å². The molecule has 0 spiro atoms. The second-order valence-electron chi connectivity index (χ2n) is 7.83. The minimum absolute atomic E-state index is 0.00926. The lowest BCUT2D eigenvalue weighted by Crippen LogP contribution is -2.30. The number of nitrogens with two attached hydrogens (primary N) is 1. The zero-order valence-electron chi connectivity index (χ0n) is 18.4. The summed E-state index contributed by atoms with van der Waals surface area (Å²) in [6, 6.07) is 9.67. The van der Waals surface area contributed by atoms with Crippen LogP contribution < -0.4 is 10.6 Å². The molecule has 0 saturated heterocycles. The van der Waals surface area contributed by atoms with Gasteiger partial charge in [-0.2, -0.15) is 0 Å². The summed E-state index contributed by atoms with van der Waals surface area (Å²) in [6.45, 7) is 2.94. The number of carbonyl (C=O) groups is 2. The molecule has 1 aromatic carbocycles. The molecule has 0 radical (unpaired) electrons. The second kappa shape index (κ2) is 9.43. The van der Waals surface area contributed by atoms with Crippen LogP contribution in [0.2, 0.25) is 0 Å². The van der Waals surface area contributed by atoms with Crippen molar-refractivity contribution in [1.29, 1.82) is 0 Å². The number of hydrogen-bond acceptors (Lipinski definition) is 8. The molecule has 0 unspecified atom stereocenters. The SMILES string of the molecule is Cc1nc(-c2ccc3c(c2)CCN3C(=O)CSc2nnc(-c3ccco3)n2CCC(N)=O)cs1. The molecule has 5 rings (SSSR count). The van der Waals surface area contributed by atoms with E-state index < -0.39 is 5.91 Å². The molecule has 34 heavy (non-hydrogen) atoms. The topological polar surface area (TPSA) is 120 Å². The van der Waals surface area contributed by atoms with Crippen LogP contribution in [-0.2, 0) is 22.6 Å². The van der Waals surface area contributed by atoms with Crippen LogP contribution in [0.5, 0.6) is 0 Å². The van der Waals surface area contributed by atoms with Crippen molar-refractivity contribution in [3.05, 3.63) is 52.5 Å². The van der Waals surface area contributed by atoms with Gasteiger partial charge in [0.05, 0.1) is 22.7 Å². The first-order valence-corrected chi connectivity index (χ1v) is 12.6. The van der Waals surface area contributed by atoms with E-state index in [1.54, 1.807) is 34.3 Å². The lowest BCUT2D eigenvalue weighted by Gasteiger charge is -2.17. The average Bonchev–Trinajstić information content (AvgIpc) is 3.62. The Morgan fingerprint density at radius 2 is 2.15 bits per heavy atom. The maximum absolute atomic E-state index is 13.1. The lowest BCUT2D eigenvalue weighted by atomic mass is 10.1. The molecule has 2 amide bonds. The number of aryl methyl sites for hydroxylation is 1. The summed E-state index contributed by atoms with van der Waals surface area (Å²) in [4.78, 5) is 30.8. The Morgan fingerprint density at radius 1 is 1.26 bits per heavy atom. The van der Waals surface area contributed by atoms with Gasteiger partial charge in [0, 0.05) is 36.1 Å². The summed E-state index contributed by atoms with van der Waals surface area (Å²) in [6.07, 6.45) is 2.48. The van der Waals surface area contributed by atoms with Crippen LogP contribution in [0.25, 0.3) is 22.8 Å². The number of thiazole rings is 1. The Balaban J connectivity index is 1.30. The highest BCUT2D eigenvalue weighted by molar-refractivity contribution is 7.99. The molecule has 0 saturated carbocycles. The monoisotopic (exact) mass is 494 g/mol. The molecule has 0 atom stereocenters. The molecule has 4 aromatic rings. The van der Waals surface area contributed by atoms with Gasteiger partial charge in [-0.3, -0.25) is 14.2 Å². The lowest BCUT2D eigenvalue weighted by molar-refractivity contribution is -0.118. The molecule has 3 aromatic heterocycles. The molecule has 1 aliphatic rings. The summed E-state index contributed by atoms with van der Waals surface area (Å²) >= 11 is 2.91. The quantitative estimate of drug-likeness (QED) is 0.372. The summed E-state index contributed by atoms with van der Waals surface area (Å²) in [7, 11) is 0. The predicted octanol–water partition coefficient (Wildman–Crippen LogP) is 3.53. The highest BCUT2D eigenvalue weighted by Crippen LogP contribution is 2.33. The van der Waals surface area contributed by atoms with Crippen LogP contribution >= 0.6 is 23.1 Å². The first-order chi connectivity index (χ1) is 16.5. The van der Waals surface area contributed by atoms with Gasteiger partial charge >= 0.3 is 0 Å². The van der Waals surface area contributed by atoms with E-state index in [9.17, 15) is 9.59 Å². The fourth-order valence-corrected chi connectivity index (χ4v) is 5.39. The highest BCUT2D eigenvalue weighted by atomic mass is 32.2.